The molecule has 0 radical (unpaired) electrons. The fraction of sp³-hybridized carbons (Fsp3) is 0.250. The molecule has 5 heteroatoms. The number of carbonyl (C=O) groups excluding carboxylic acids is 1. The zero-order valence-electron chi connectivity index (χ0n) is 11.8. The van der Waals surface area contributed by atoms with Gasteiger partial charge in [0.2, 0.25) is 0 Å². The van der Waals surface area contributed by atoms with E-state index in [1.807, 2.05) is 7.05 Å². The monoisotopic (exact) mass is 285 g/mol. The number of pyridine rings is 1. The van der Waals surface area contributed by atoms with Gasteiger partial charge in [-0.2, -0.15) is 0 Å². The smallest absolute Gasteiger partial charge is 0.257 e. The Labute approximate surface area is 122 Å². The van der Waals surface area contributed by atoms with E-state index in [0.717, 1.165) is 30.6 Å². The van der Waals surface area contributed by atoms with Crippen molar-refractivity contribution in [1.29, 1.82) is 0 Å². The van der Waals surface area contributed by atoms with Crippen LogP contribution in [0.4, 0.5) is 10.1 Å². The summed E-state index contributed by atoms with van der Waals surface area (Å²) in [6, 6.07) is 6.15. The lowest BCUT2D eigenvalue weighted by Crippen LogP contribution is -2.29. The predicted octanol–water partition coefficient (Wildman–Crippen LogP) is 2.46. The summed E-state index contributed by atoms with van der Waals surface area (Å²) in [4.78, 5) is 18.7. The molecule has 2 heterocycles. The molecule has 0 fully saturated rings. The number of carbonyl (C=O) groups is 1. The SMILES string of the molecule is CN1CCc2c(cncc2C(=O)Nc2ccccc2F)C1. The van der Waals surface area contributed by atoms with Gasteiger partial charge >= 0.3 is 0 Å². The molecule has 4 nitrogen and oxygen atoms in total. The fourth-order valence-electron chi connectivity index (χ4n) is 2.58. The number of fused-ring (bicyclic) bond motifs is 1. The van der Waals surface area contributed by atoms with Crippen LogP contribution in [0.3, 0.4) is 0 Å². The molecule has 1 aliphatic rings. The van der Waals surface area contributed by atoms with Gasteiger partial charge in [-0.3, -0.25) is 9.78 Å². The summed E-state index contributed by atoms with van der Waals surface area (Å²) in [6.45, 7) is 1.68. The van der Waals surface area contributed by atoms with Gasteiger partial charge in [0.1, 0.15) is 5.82 Å². The third-order valence-corrected chi connectivity index (χ3v) is 3.70. The molecule has 21 heavy (non-hydrogen) atoms. The van der Waals surface area contributed by atoms with Crippen LogP contribution >= 0.6 is 0 Å². The van der Waals surface area contributed by atoms with Crippen LogP contribution in [0.25, 0.3) is 0 Å². The molecule has 0 unspecified atom stereocenters. The first kappa shape index (κ1) is 13.7. The van der Waals surface area contributed by atoms with Crippen molar-refractivity contribution in [3.63, 3.8) is 0 Å². The average Bonchev–Trinajstić information content (AvgIpc) is 2.48. The van der Waals surface area contributed by atoms with Gasteiger partial charge in [-0.25, -0.2) is 4.39 Å². The Hall–Kier alpha value is -2.27. The molecule has 1 aliphatic heterocycles. The van der Waals surface area contributed by atoms with Gasteiger partial charge in [-0.1, -0.05) is 12.1 Å². The summed E-state index contributed by atoms with van der Waals surface area (Å²) in [6.07, 6.45) is 4.15. The van der Waals surface area contributed by atoms with Crippen molar-refractivity contribution in [2.24, 2.45) is 0 Å². The molecule has 0 spiro atoms. The normalized spacial score (nSPS) is 14.6. The minimum Gasteiger partial charge on any atom is -0.319 e. The van der Waals surface area contributed by atoms with Crippen molar-refractivity contribution in [2.75, 3.05) is 18.9 Å². The summed E-state index contributed by atoms with van der Waals surface area (Å²) >= 11 is 0. The number of halogens is 1. The van der Waals surface area contributed by atoms with Gasteiger partial charge in [0.25, 0.3) is 5.91 Å². The number of hydrogen-bond acceptors (Lipinski definition) is 3. The molecule has 0 bridgehead atoms. The molecular weight excluding hydrogens is 269 g/mol. The molecule has 3 rings (SSSR count). The van der Waals surface area contributed by atoms with E-state index in [0.29, 0.717) is 5.56 Å². The van der Waals surface area contributed by atoms with Gasteiger partial charge in [-0.05, 0) is 36.7 Å². The molecule has 1 aromatic heterocycles. The topological polar surface area (TPSA) is 45.2 Å². The van der Waals surface area contributed by atoms with Crippen LogP contribution in [-0.4, -0.2) is 29.4 Å². The minimum atomic E-state index is -0.441. The lowest BCUT2D eigenvalue weighted by molar-refractivity contribution is 0.102. The van der Waals surface area contributed by atoms with Crippen molar-refractivity contribution in [3.05, 3.63) is 59.2 Å². The number of amides is 1. The number of rotatable bonds is 2. The third-order valence-electron chi connectivity index (χ3n) is 3.70. The van der Waals surface area contributed by atoms with Crippen LogP contribution < -0.4 is 5.32 Å². The summed E-state index contributed by atoms with van der Waals surface area (Å²) in [5.74, 6) is -0.752. The highest BCUT2D eigenvalue weighted by atomic mass is 19.1. The van der Waals surface area contributed by atoms with Crippen molar-refractivity contribution in [2.45, 2.75) is 13.0 Å². The third kappa shape index (κ3) is 2.78. The Morgan fingerprint density at radius 3 is 2.95 bits per heavy atom. The quantitative estimate of drug-likeness (QED) is 0.922. The van der Waals surface area contributed by atoms with Gasteiger partial charge in [-0.15, -0.1) is 0 Å². The highest BCUT2D eigenvalue weighted by Gasteiger charge is 2.20. The zero-order chi connectivity index (χ0) is 14.8. The largest absolute Gasteiger partial charge is 0.319 e. The van der Waals surface area contributed by atoms with E-state index in [1.165, 1.54) is 6.07 Å². The van der Waals surface area contributed by atoms with E-state index in [-0.39, 0.29) is 11.6 Å². The molecule has 0 saturated carbocycles. The number of hydrogen-bond donors (Lipinski definition) is 1. The van der Waals surface area contributed by atoms with Crippen molar-refractivity contribution in [3.8, 4) is 0 Å². The molecule has 108 valence electrons. The van der Waals surface area contributed by atoms with E-state index in [4.69, 9.17) is 0 Å². The first-order chi connectivity index (χ1) is 10.1. The predicted molar refractivity (Wildman–Crippen MR) is 78.6 cm³/mol. The highest BCUT2D eigenvalue weighted by molar-refractivity contribution is 6.05. The zero-order valence-corrected chi connectivity index (χ0v) is 11.8. The van der Waals surface area contributed by atoms with E-state index in [2.05, 4.69) is 15.2 Å². The van der Waals surface area contributed by atoms with Crippen LogP contribution in [0.1, 0.15) is 21.5 Å². The van der Waals surface area contributed by atoms with E-state index < -0.39 is 5.82 Å². The summed E-state index contributed by atoms with van der Waals surface area (Å²) in [5, 5.41) is 2.62. The van der Waals surface area contributed by atoms with Crippen molar-refractivity contribution in [1.82, 2.24) is 9.88 Å². The minimum absolute atomic E-state index is 0.188. The van der Waals surface area contributed by atoms with Crippen molar-refractivity contribution < 1.29 is 9.18 Å². The number of nitrogens with one attached hydrogen (secondary N) is 1. The molecule has 0 saturated heterocycles. The number of nitrogens with zero attached hydrogens (tertiary/aromatic N) is 2. The Kier molecular flexibility index (Phi) is 3.66. The van der Waals surface area contributed by atoms with Gasteiger partial charge in [0.05, 0.1) is 11.3 Å². The lowest BCUT2D eigenvalue weighted by atomic mass is 9.97. The molecule has 0 atom stereocenters. The number of aromatic nitrogens is 1. The number of likely N-dealkylation sites (N-methyl/N-ethyl adjacent to an activating group) is 1. The average molecular weight is 285 g/mol. The Bertz CT molecular complexity index is 687. The fourth-order valence-corrected chi connectivity index (χ4v) is 2.58. The van der Waals surface area contributed by atoms with Crippen LogP contribution in [-0.2, 0) is 13.0 Å². The Balaban J connectivity index is 1.89. The second-order valence-electron chi connectivity index (χ2n) is 5.25. The molecule has 0 aliphatic carbocycles. The molecule has 2 aromatic rings. The maximum atomic E-state index is 13.6. The first-order valence-corrected chi connectivity index (χ1v) is 6.85. The summed E-state index contributed by atoms with van der Waals surface area (Å²) < 4.78 is 13.6. The second-order valence-corrected chi connectivity index (χ2v) is 5.25. The molecule has 1 amide bonds. The molecule has 1 N–H and O–H groups in total. The van der Waals surface area contributed by atoms with E-state index in [1.54, 1.807) is 30.6 Å². The summed E-state index contributed by atoms with van der Waals surface area (Å²) in [7, 11) is 2.04. The van der Waals surface area contributed by atoms with Crippen LogP contribution in [0.15, 0.2) is 36.7 Å². The van der Waals surface area contributed by atoms with Crippen LogP contribution in [0, 0.1) is 5.82 Å². The Morgan fingerprint density at radius 1 is 1.33 bits per heavy atom. The second kappa shape index (κ2) is 5.61. The highest BCUT2D eigenvalue weighted by Crippen LogP contribution is 2.22. The van der Waals surface area contributed by atoms with Crippen LogP contribution in [0.5, 0.6) is 0 Å². The van der Waals surface area contributed by atoms with Gasteiger partial charge in [0, 0.05) is 25.5 Å². The van der Waals surface area contributed by atoms with Crippen LogP contribution in [0.2, 0.25) is 0 Å². The maximum absolute atomic E-state index is 13.6. The van der Waals surface area contributed by atoms with Crippen molar-refractivity contribution >= 4 is 11.6 Å². The van der Waals surface area contributed by atoms with E-state index in [9.17, 15) is 9.18 Å². The number of para-hydroxylation sites is 1. The van der Waals surface area contributed by atoms with E-state index >= 15 is 0 Å². The maximum Gasteiger partial charge on any atom is 0.257 e. The van der Waals surface area contributed by atoms with Gasteiger partial charge < -0.3 is 10.2 Å². The lowest BCUT2D eigenvalue weighted by Gasteiger charge is -2.26. The standard InChI is InChI=1S/C16H16FN3O/c1-20-7-6-12-11(10-20)8-18-9-13(12)16(21)19-15-5-3-2-4-14(15)17/h2-5,8-9H,6-7,10H2,1H3,(H,19,21). The first-order valence-electron chi connectivity index (χ1n) is 6.85. The number of benzene rings is 1. The summed E-state index contributed by atoms with van der Waals surface area (Å²) in [5.41, 5.74) is 2.79. The molecule has 1 aromatic carbocycles. The van der Waals surface area contributed by atoms with Gasteiger partial charge in [0.15, 0.2) is 0 Å². The number of anilines is 1. The Morgan fingerprint density at radius 2 is 2.14 bits per heavy atom. The molecular formula is C16H16FN3O.